The first-order chi connectivity index (χ1) is 17.0. The molecule has 5 rings (SSSR count). The van der Waals surface area contributed by atoms with Gasteiger partial charge in [0.15, 0.2) is 0 Å². The summed E-state index contributed by atoms with van der Waals surface area (Å²) in [6, 6.07) is 24.5. The minimum Gasteiger partial charge on any atom is -0.340 e. The molecule has 0 saturated carbocycles. The number of fused-ring (bicyclic) bond motifs is 1. The number of benzene rings is 3. The van der Waals surface area contributed by atoms with Crippen LogP contribution in [0.15, 0.2) is 78.9 Å². The van der Waals surface area contributed by atoms with Crippen molar-refractivity contribution in [3.8, 4) is 11.3 Å². The van der Waals surface area contributed by atoms with Gasteiger partial charge >= 0.3 is 0 Å². The summed E-state index contributed by atoms with van der Waals surface area (Å²) >= 11 is 0. The fourth-order valence-electron chi connectivity index (χ4n) is 4.69. The Morgan fingerprint density at radius 1 is 1.00 bits per heavy atom. The van der Waals surface area contributed by atoms with Gasteiger partial charge in [-0.25, -0.2) is 9.37 Å². The minimum absolute atomic E-state index is 0.129. The van der Waals surface area contributed by atoms with Gasteiger partial charge in [0, 0.05) is 24.3 Å². The van der Waals surface area contributed by atoms with E-state index < -0.39 is 0 Å². The van der Waals surface area contributed by atoms with Crippen molar-refractivity contribution in [2.45, 2.75) is 39.3 Å². The molecule has 2 heterocycles. The topological polar surface area (TPSA) is 50.2 Å². The molecule has 1 N–H and O–H groups in total. The van der Waals surface area contributed by atoms with Gasteiger partial charge in [-0.1, -0.05) is 55.0 Å². The number of carbonyl (C=O) groups excluding carboxylic acids is 1. The predicted octanol–water partition coefficient (Wildman–Crippen LogP) is 6.28. The van der Waals surface area contributed by atoms with Crippen LogP contribution in [0.1, 0.15) is 36.2 Å². The van der Waals surface area contributed by atoms with Gasteiger partial charge in [0.05, 0.1) is 12.5 Å². The molecule has 0 radical (unpaired) electrons. The van der Waals surface area contributed by atoms with Crippen molar-refractivity contribution >= 4 is 17.4 Å². The highest BCUT2D eigenvalue weighted by molar-refractivity contribution is 5.84. The van der Waals surface area contributed by atoms with Crippen molar-refractivity contribution in [1.82, 2.24) is 14.5 Å². The molecule has 3 aromatic carbocycles. The molecule has 1 atom stereocenters. The van der Waals surface area contributed by atoms with Gasteiger partial charge in [0.25, 0.3) is 0 Å². The first-order valence-corrected chi connectivity index (χ1v) is 12.1. The fraction of sp³-hybridized carbons (Fsp3) is 0.241. The maximum absolute atomic E-state index is 13.6. The molecule has 0 spiro atoms. The summed E-state index contributed by atoms with van der Waals surface area (Å²) in [5.74, 6) is 1.36. The number of carbonyl (C=O) groups is 1. The van der Waals surface area contributed by atoms with Crippen molar-refractivity contribution < 1.29 is 9.18 Å². The highest BCUT2D eigenvalue weighted by atomic mass is 19.1. The monoisotopic (exact) mass is 468 g/mol. The molecular formula is C29H29FN4O. The first-order valence-electron chi connectivity index (χ1n) is 12.1. The molecule has 0 bridgehead atoms. The van der Waals surface area contributed by atoms with Crippen LogP contribution in [0.2, 0.25) is 0 Å². The normalized spacial score (nSPS) is 13.9. The van der Waals surface area contributed by atoms with Crippen molar-refractivity contribution in [2.75, 3.05) is 11.9 Å². The van der Waals surface area contributed by atoms with Gasteiger partial charge in [-0.3, -0.25) is 4.79 Å². The van der Waals surface area contributed by atoms with Crippen LogP contribution in [0, 0.1) is 12.7 Å². The number of aromatic nitrogens is 2. The van der Waals surface area contributed by atoms with Crippen LogP contribution in [0.3, 0.4) is 0 Å². The van der Waals surface area contributed by atoms with Crippen LogP contribution in [0.4, 0.5) is 15.9 Å². The first kappa shape index (κ1) is 22.8. The predicted molar refractivity (Wildman–Crippen MR) is 137 cm³/mol. The number of nitrogens with zero attached hydrogens (tertiary/aromatic N) is 3. The van der Waals surface area contributed by atoms with E-state index in [1.54, 1.807) is 12.1 Å². The third kappa shape index (κ3) is 4.69. The van der Waals surface area contributed by atoms with E-state index in [9.17, 15) is 9.18 Å². The van der Waals surface area contributed by atoms with Crippen LogP contribution in [-0.2, 0) is 17.9 Å². The van der Waals surface area contributed by atoms with E-state index in [2.05, 4.69) is 35.9 Å². The second kappa shape index (κ2) is 9.74. The molecule has 178 valence electrons. The van der Waals surface area contributed by atoms with Crippen LogP contribution in [-0.4, -0.2) is 26.9 Å². The van der Waals surface area contributed by atoms with E-state index in [0.29, 0.717) is 19.6 Å². The Balaban J connectivity index is 1.48. The molecule has 0 fully saturated rings. The van der Waals surface area contributed by atoms with Crippen LogP contribution in [0.5, 0.6) is 0 Å². The van der Waals surface area contributed by atoms with Crippen molar-refractivity contribution in [1.29, 1.82) is 0 Å². The lowest BCUT2D eigenvalue weighted by Gasteiger charge is -2.31. The Labute approximate surface area is 205 Å². The minimum atomic E-state index is -0.283. The molecule has 6 heteroatoms. The molecule has 35 heavy (non-hydrogen) atoms. The summed E-state index contributed by atoms with van der Waals surface area (Å²) in [7, 11) is 0. The third-order valence-electron chi connectivity index (χ3n) is 6.62. The second-order valence-electron chi connectivity index (χ2n) is 9.01. The number of amides is 1. The highest BCUT2D eigenvalue weighted by Crippen LogP contribution is 2.34. The smallest absolute Gasteiger partial charge is 0.230 e. The molecule has 1 aliphatic heterocycles. The quantitative estimate of drug-likeness (QED) is 0.362. The average Bonchev–Trinajstić information content (AvgIpc) is 3.24. The van der Waals surface area contributed by atoms with E-state index in [1.807, 2.05) is 47.4 Å². The number of aryl methyl sites for hydroxylation is 1. The summed E-state index contributed by atoms with van der Waals surface area (Å²) in [6.07, 6.45) is 0.745. The Morgan fingerprint density at radius 2 is 1.71 bits per heavy atom. The fourth-order valence-corrected chi connectivity index (χ4v) is 4.69. The average molecular weight is 469 g/mol. The third-order valence-corrected chi connectivity index (χ3v) is 6.62. The largest absolute Gasteiger partial charge is 0.340 e. The molecule has 1 aliphatic rings. The summed E-state index contributed by atoms with van der Waals surface area (Å²) in [5.41, 5.74) is 4.77. The lowest BCUT2D eigenvalue weighted by atomic mass is 9.95. The van der Waals surface area contributed by atoms with Gasteiger partial charge in [-0.2, -0.15) is 0 Å². The molecule has 1 unspecified atom stereocenters. The van der Waals surface area contributed by atoms with E-state index in [0.717, 1.165) is 40.6 Å². The number of halogens is 1. The zero-order valence-corrected chi connectivity index (χ0v) is 20.0. The highest BCUT2D eigenvalue weighted by Gasteiger charge is 2.30. The Morgan fingerprint density at radius 3 is 2.40 bits per heavy atom. The SMILES string of the molecule is CCC(C(=O)N1CCn2c(nc(-c3ccc(F)cc3)c2Nc2ccc(C)cc2)C1)c1ccccc1. The second-order valence-corrected chi connectivity index (χ2v) is 9.01. The lowest BCUT2D eigenvalue weighted by Crippen LogP contribution is -2.41. The van der Waals surface area contributed by atoms with Crippen LogP contribution >= 0.6 is 0 Å². The number of hydrogen-bond donors (Lipinski definition) is 1. The molecule has 0 saturated heterocycles. The Kier molecular flexibility index (Phi) is 6.36. The summed E-state index contributed by atoms with van der Waals surface area (Å²) < 4.78 is 15.8. The zero-order chi connectivity index (χ0) is 24.4. The molecule has 1 amide bonds. The van der Waals surface area contributed by atoms with E-state index in [4.69, 9.17) is 4.98 Å². The van der Waals surface area contributed by atoms with Gasteiger partial charge < -0.3 is 14.8 Å². The summed E-state index contributed by atoms with van der Waals surface area (Å²) in [6.45, 7) is 5.79. The van der Waals surface area contributed by atoms with E-state index in [1.165, 1.54) is 17.7 Å². The molecule has 1 aromatic heterocycles. The van der Waals surface area contributed by atoms with Gasteiger partial charge in [-0.05, 0) is 55.3 Å². The number of imidazole rings is 1. The maximum Gasteiger partial charge on any atom is 0.230 e. The van der Waals surface area contributed by atoms with Crippen molar-refractivity contribution in [2.24, 2.45) is 0 Å². The Bertz CT molecular complexity index is 1310. The lowest BCUT2D eigenvalue weighted by molar-refractivity contribution is -0.134. The standard InChI is InChI=1S/C29H29FN4O/c1-3-25(21-7-5-4-6-8-21)29(35)33-17-18-34-26(19-33)32-27(22-11-13-23(30)14-12-22)28(34)31-24-15-9-20(2)10-16-24/h4-16,25,31H,3,17-19H2,1-2H3. The van der Waals surface area contributed by atoms with Crippen molar-refractivity contribution in [3.05, 3.63) is 102 Å². The number of rotatable bonds is 6. The van der Waals surface area contributed by atoms with Gasteiger partial charge in [0.1, 0.15) is 23.2 Å². The summed E-state index contributed by atoms with van der Waals surface area (Å²) in [4.78, 5) is 20.3. The zero-order valence-electron chi connectivity index (χ0n) is 20.0. The van der Waals surface area contributed by atoms with E-state index in [-0.39, 0.29) is 17.6 Å². The molecule has 4 aromatic rings. The van der Waals surface area contributed by atoms with Crippen LogP contribution in [0.25, 0.3) is 11.3 Å². The van der Waals surface area contributed by atoms with Crippen LogP contribution < -0.4 is 5.32 Å². The molecular weight excluding hydrogens is 439 g/mol. The number of anilines is 2. The van der Waals surface area contributed by atoms with E-state index >= 15 is 0 Å². The summed E-state index contributed by atoms with van der Waals surface area (Å²) in [5, 5.41) is 3.53. The van der Waals surface area contributed by atoms with Crippen molar-refractivity contribution in [3.63, 3.8) is 0 Å². The Hall–Kier alpha value is -3.93. The number of hydrogen-bond acceptors (Lipinski definition) is 3. The maximum atomic E-state index is 13.6. The number of nitrogens with one attached hydrogen (secondary N) is 1. The van der Waals surface area contributed by atoms with Gasteiger partial charge in [0.2, 0.25) is 5.91 Å². The van der Waals surface area contributed by atoms with Gasteiger partial charge in [-0.15, -0.1) is 0 Å². The molecule has 0 aliphatic carbocycles. The molecule has 5 nitrogen and oxygen atoms in total.